The van der Waals surface area contributed by atoms with Gasteiger partial charge >= 0.3 is 0 Å². The summed E-state index contributed by atoms with van der Waals surface area (Å²) in [6, 6.07) is 6.57. The molecule has 0 fully saturated rings. The van der Waals surface area contributed by atoms with Crippen LogP contribution in [-0.2, 0) is 0 Å². The number of halogens is 2. The van der Waals surface area contributed by atoms with E-state index in [1.54, 1.807) is 23.5 Å². The summed E-state index contributed by atoms with van der Waals surface area (Å²) in [6.07, 6.45) is 1.00. The molecule has 1 aromatic carbocycles. The average molecular weight is 284 g/mol. The van der Waals surface area contributed by atoms with Gasteiger partial charge in [0.25, 0.3) is 0 Å². The van der Waals surface area contributed by atoms with Gasteiger partial charge in [0, 0.05) is 10.6 Å². The maximum atomic E-state index is 13.9. The summed E-state index contributed by atoms with van der Waals surface area (Å²) in [5.74, 6) is -0.223. The van der Waals surface area contributed by atoms with Gasteiger partial charge in [-0.15, -0.1) is 0 Å². The maximum Gasteiger partial charge on any atom is 0.128 e. The highest BCUT2D eigenvalue weighted by Crippen LogP contribution is 2.28. The lowest BCUT2D eigenvalue weighted by Crippen LogP contribution is -2.23. The molecule has 1 unspecified atom stereocenters. The Balaban J connectivity index is 2.36. The monoisotopic (exact) mass is 283 g/mol. The van der Waals surface area contributed by atoms with Gasteiger partial charge in [-0.25, -0.2) is 4.39 Å². The van der Waals surface area contributed by atoms with Crippen LogP contribution in [0.25, 0.3) is 0 Å². The molecule has 0 saturated heterocycles. The second kappa shape index (κ2) is 6.32. The Hall–Kier alpha value is -0.900. The zero-order valence-corrected chi connectivity index (χ0v) is 11.7. The first-order chi connectivity index (χ1) is 8.72. The van der Waals surface area contributed by atoms with E-state index in [1.165, 1.54) is 6.07 Å². The average Bonchev–Trinajstić information content (AvgIpc) is 2.88. The fourth-order valence-electron chi connectivity index (χ4n) is 1.87. The molecule has 0 aliphatic rings. The van der Waals surface area contributed by atoms with E-state index in [-0.39, 0.29) is 11.9 Å². The van der Waals surface area contributed by atoms with Crippen molar-refractivity contribution in [2.45, 2.75) is 19.4 Å². The summed E-state index contributed by atoms with van der Waals surface area (Å²) in [4.78, 5) is 0. The van der Waals surface area contributed by atoms with Crippen LogP contribution < -0.4 is 5.32 Å². The van der Waals surface area contributed by atoms with E-state index in [2.05, 4.69) is 12.2 Å². The highest BCUT2D eigenvalue weighted by atomic mass is 35.5. The van der Waals surface area contributed by atoms with E-state index in [1.807, 2.05) is 16.8 Å². The van der Waals surface area contributed by atoms with Crippen LogP contribution in [0.15, 0.2) is 35.0 Å². The van der Waals surface area contributed by atoms with Crippen LogP contribution in [0.3, 0.4) is 0 Å². The molecule has 0 aliphatic carbocycles. The minimum Gasteiger partial charge on any atom is -0.306 e. The van der Waals surface area contributed by atoms with Gasteiger partial charge in [0.1, 0.15) is 5.82 Å². The van der Waals surface area contributed by atoms with Crippen LogP contribution in [0, 0.1) is 5.82 Å². The second-order valence-electron chi connectivity index (χ2n) is 4.11. The normalized spacial score (nSPS) is 12.6. The van der Waals surface area contributed by atoms with E-state index in [4.69, 9.17) is 11.6 Å². The molecule has 0 amide bonds. The standard InChI is InChI=1S/C14H15ClFNS/c1-2-6-17-14(10-5-7-18-9-10)12-8-11(15)3-4-13(12)16/h3-5,7-9,14,17H,2,6H2,1H3. The molecule has 0 bridgehead atoms. The van der Waals surface area contributed by atoms with Crippen molar-refractivity contribution in [3.63, 3.8) is 0 Å². The molecule has 4 heteroatoms. The maximum absolute atomic E-state index is 13.9. The lowest BCUT2D eigenvalue weighted by atomic mass is 10.0. The topological polar surface area (TPSA) is 12.0 Å². The molecule has 2 aromatic rings. The number of benzene rings is 1. The quantitative estimate of drug-likeness (QED) is 0.844. The summed E-state index contributed by atoms with van der Waals surface area (Å²) in [6.45, 7) is 2.93. The molecular weight excluding hydrogens is 269 g/mol. The Kier molecular flexibility index (Phi) is 4.75. The zero-order valence-electron chi connectivity index (χ0n) is 10.1. The van der Waals surface area contributed by atoms with Crippen LogP contribution in [0.5, 0.6) is 0 Å². The lowest BCUT2D eigenvalue weighted by molar-refractivity contribution is 0.547. The summed E-state index contributed by atoms with van der Waals surface area (Å²) in [5, 5.41) is 7.96. The summed E-state index contributed by atoms with van der Waals surface area (Å²) in [5.41, 5.74) is 1.68. The smallest absolute Gasteiger partial charge is 0.128 e. The van der Waals surface area contributed by atoms with Crippen LogP contribution in [0.1, 0.15) is 30.5 Å². The van der Waals surface area contributed by atoms with Crippen molar-refractivity contribution in [1.82, 2.24) is 5.32 Å². The van der Waals surface area contributed by atoms with Gasteiger partial charge in [0.2, 0.25) is 0 Å². The van der Waals surface area contributed by atoms with Crippen molar-refractivity contribution in [3.05, 3.63) is 57.0 Å². The van der Waals surface area contributed by atoms with Crippen LogP contribution in [0.2, 0.25) is 5.02 Å². The molecular formula is C14H15ClFNS. The van der Waals surface area contributed by atoms with Gasteiger partial charge < -0.3 is 5.32 Å². The fourth-order valence-corrected chi connectivity index (χ4v) is 2.74. The zero-order chi connectivity index (χ0) is 13.0. The van der Waals surface area contributed by atoms with Gasteiger partial charge in [0.15, 0.2) is 0 Å². The highest BCUT2D eigenvalue weighted by Gasteiger charge is 2.17. The van der Waals surface area contributed by atoms with E-state index >= 15 is 0 Å². The molecule has 2 rings (SSSR count). The van der Waals surface area contributed by atoms with E-state index < -0.39 is 0 Å². The number of hydrogen-bond donors (Lipinski definition) is 1. The molecule has 0 radical (unpaired) electrons. The van der Waals surface area contributed by atoms with Gasteiger partial charge in [0.05, 0.1) is 6.04 Å². The van der Waals surface area contributed by atoms with Crippen molar-refractivity contribution in [3.8, 4) is 0 Å². The fraction of sp³-hybridized carbons (Fsp3) is 0.286. The summed E-state index contributed by atoms with van der Waals surface area (Å²) >= 11 is 7.58. The highest BCUT2D eigenvalue weighted by molar-refractivity contribution is 7.08. The molecule has 0 saturated carbocycles. The Morgan fingerprint density at radius 3 is 2.89 bits per heavy atom. The first-order valence-corrected chi connectivity index (χ1v) is 7.25. The van der Waals surface area contributed by atoms with Crippen molar-refractivity contribution in [1.29, 1.82) is 0 Å². The third kappa shape index (κ3) is 3.10. The molecule has 96 valence electrons. The minimum atomic E-state index is -0.223. The van der Waals surface area contributed by atoms with Crippen molar-refractivity contribution in [2.24, 2.45) is 0 Å². The van der Waals surface area contributed by atoms with Crippen LogP contribution in [-0.4, -0.2) is 6.54 Å². The Morgan fingerprint density at radius 1 is 1.39 bits per heavy atom. The molecule has 1 aromatic heterocycles. The first kappa shape index (κ1) is 13.5. The number of rotatable bonds is 5. The van der Waals surface area contributed by atoms with Crippen LogP contribution >= 0.6 is 22.9 Å². The predicted octanol–water partition coefficient (Wildman–Crippen LogP) is 4.63. The SMILES string of the molecule is CCCNC(c1ccsc1)c1cc(Cl)ccc1F. The first-order valence-electron chi connectivity index (χ1n) is 5.92. The summed E-state index contributed by atoms with van der Waals surface area (Å²) in [7, 11) is 0. The third-order valence-electron chi connectivity index (χ3n) is 2.74. The van der Waals surface area contributed by atoms with E-state index in [9.17, 15) is 4.39 Å². The number of thiophene rings is 1. The summed E-state index contributed by atoms with van der Waals surface area (Å²) < 4.78 is 13.9. The van der Waals surface area contributed by atoms with E-state index in [0.29, 0.717) is 10.6 Å². The molecule has 1 N–H and O–H groups in total. The predicted molar refractivity (Wildman–Crippen MR) is 75.9 cm³/mol. The van der Waals surface area contributed by atoms with Crippen molar-refractivity contribution < 1.29 is 4.39 Å². The molecule has 0 spiro atoms. The number of nitrogens with one attached hydrogen (secondary N) is 1. The van der Waals surface area contributed by atoms with Gasteiger partial charge in [-0.05, 0) is 53.6 Å². The Morgan fingerprint density at radius 2 is 2.22 bits per heavy atom. The van der Waals surface area contributed by atoms with Crippen molar-refractivity contribution in [2.75, 3.05) is 6.54 Å². The molecule has 18 heavy (non-hydrogen) atoms. The molecule has 1 nitrogen and oxygen atoms in total. The largest absolute Gasteiger partial charge is 0.306 e. The molecule has 1 atom stereocenters. The van der Waals surface area contributed by atoms with Gasteiger partial charge in [-0.2, -0.15) is 11.3 Å². The third-order valence-corrected chi connectivity index (χ3v) is 3.68. The Bertz CT molecular complexity index is 499. The van der Waals surface area contributed by atoms with Crippen molar-refractivity contribution >= 4 is 22.9 Å². The Labute approximate surface area is 116 Å². The number of hydrogen-bond acceptors (Lipinski definition) is 2. The molecule has 1 heterocycles. The van der Waals surface area contributed by atoms with Gasteiger partial charge in [-0.1, -0.05) is 18.5 Å². The second-order valence-corrected chi connectivity index (χ2v) is 5.33. The lowest BCUT2D eigenvalue weighted by Gasteiger charge is -2.19. The van der Waals surface area contributed by atoms with Crippen LogP contribution in [0.4, 0.5) is 4.39 Å². The molecule has 0 aliphatic heterocycles. The van der Waals surface area contributed by atoms with Gasteiger partial charge in [-0.3, -0.25) is 0 Å². The van der Waals surface area contributed by atoms with E-state index in [0.717, 1.165) is 18.5 Å². The minimum absolute atomic E-state index is 0.130.